The number of anilines is 1. The molecule has 0 saturated carbocycles. The number of aryl methyl sites for hydroxylation is 2. The van der Waals surface area contributed by atoms with Crippen molar-refractivity contribution < 1.29 is 0 Å². The Kier molecular flexibility index (Phi) is 5.12. The molecule has 2 aromatic heterocycles. The van der Waals surface area contributed by atoms with Crippen LogP contribution in [0, 0.1) is 0 Å². The first-order chi connectivity index (χ1) is 11.3. The summed E-state index contributed by atoms with van der Waals surface area (Å²) in [5.74, 6) is 1.44. The van der Waals surface area contributed by atoms with E-state index in [-0.39, 0.29) is 0 Å². The lowest BCUT2D eigenvalue weighted by Crippen LogP contribution is -2.01. The number of thioether (sulfide) groups is 1. The van der Waals surface area contributed by atoms with Gasteiger partial charge in [-0.25, -0.2) is 15.0 Å². The summed E-state index contributed by atoms with van der Waals surface area (Å²) in [6.07, 6.45) is 4.99. The van der Waals surface area contributed by atoms with E-state index in [9.17, 15) is 0 Å². The molecule has 0 amide bonds. The molecule has 0 aliphatic carbocycles. The van der Waals surface area contributed by atoms with Crippen LogP contribution in [0.1, 0.15) is 25.3 Å². The van der Waals surface area contributed by atoms with Crippen molar-refractivity contribution in [2.45, 2.75) is 37.9 Å². The van der Waals surface area contributed by atoms with Gasteiger partial charge in [-0.15, -0.1) is 0 Å². The number of nitrogens with two attached hydrogens (primary N) is 1. The van der Waals surface area contributed by atoms with Crippen LogP contribution in [-0.2, 0) is 13.0 Å². The number of hydrogen-bond donors (Lipinski definition) is 1. The molecule has 0 bridgehead atoms. The van der Waals surface area contributed by atoms with Crippen molar-refractivity contribution in [2.75, 3.05) is 11.5 Å². The van der Waals surface area contributed by atoms with Crippen LogP contribution in [0.25, 0.3) is 11.2 Å². The number of aromatic nitrogens is 4. The minimum Gasteiger partial charge on any atom is -0.382 e. The molecule has 2 heterocycles. The van der Waals surface area contributed by atoms with Gasteiger partial charge in [0.25, 0.3) is 0 Å². The molecule has 0 radical (unpaired) electrons. The van der Waals surface area contributed by atoms with Gasteiger partial charge in [0, 0.05) is 12.3 Å². The van der Waals surface area contributed by atoms with Gasteiger partial charge in [0.15, 0.2) is 16.6 Å². The third-order valence-corrected chi connectivity index (χ3v) is 4.55. The van der Waals surface area contributed by atoms with Crippen LogP contribution >= 0.6 is 11.8 Å². The van der Waals surface area contributed by atoms with Gasteiger partial charge in [-0.3, -0.25) is 0 Å². The van der Waals surface area contributed by atoms with Gasteiger partial charge in [0.05, 0.1) is 6.33 Å². The maximum absolute atomic E-state index is 6.02. The molecule has 0 aliphatic heterocycles. The van der Waals surface area contributed by atoms with E-state index in [2.05, 4.69) is 46.1 Å². The second kappa shape index (κ2) is 7.46. The van der Waals surface area contributed by atoms with Crippen LogP contribution in [0.15, 0.2) is 41.8 Å². The topological polar surface area (TPSA) is 69.6 Å². The normalized spacial score (nSPS) is 11.2. The van der Waals surface area contributed by atoms with E-state index >= 15 is 0 Å². The highest BCUT2D eigenvalue weighted by atomic mass is 32.2. The van der Waals surface area contributed by atoms with Crippen molar-refractivity contribution in [3.05, 3.63) is 42.2 Å². The zero-order valence-electron chi connectivity index (χ0n) is 13.3. The van der Waals surface area contributed by atoms with Gasteiger partial charge in [0.1, 0.15) is 5.52 Å². The first-order valence-electron chi connectivity index (χ1n) is 7.93. The summed E-state index contributed by atoms with van der Waals surface area (Å²) in [6.45, 7) is 3.03. The zero-order valence-corrected chi connectivity index (χ0v) is 14.1. The predicted molar refractivity (Wildman–Crippen MR) is 95.5 cm³/mol. The van der Waals surface area contributed by atoms with Gasteiger partial charge in [-0.2, -0.15) is 0 Å². The first kappa shape index (κ1) is 15.8. The second-order valence-corrected chi connectivity index (χ2v) is 6.50. The number of rotatable bonds is 7. The molecule has 0 spiro atoms. The highest BCUT2D eigenvalue weighted by molar-refractivity contribution is 7.99. The summed E-state index contributed by atoms with van der Waals surface area (Å²) in [5.41, 5.74) is 8.93. The molecule has 0 atom stereocenters. The molecule has 23 heavy (non-hydrogen) atoms. The second-order valence-electron chi connectivity index (χ2n) is 5.44. The van der Waals surface area contributed by atoms with Gasteiger partial charge >= 0.3 is 0 Å². The van der Waals surface area contributed by atoms with E-state index in [1.54, 1.807) is 18.1 Å². The number of nitrogens with zero attached hydrogens (tertiary/aromatic N) is 4. The largest absolute Gasteiger partial charge is 0.382 e. The van der Waals surface area contributed by atoms with Crippen molar-refractivity contribution in [3.8, 4) is 0 Å². The maximum atomic E-state index is 6.02. The highest BCUT2D eigenvalue weighted by Gasteiger charge is 2.11. The molecule has 1 aromatic carbocycles. The molecule has 120 valence electrons. The Morgan fingerprint density at radius 1 is 1.17 bits per heavy atom. The predicted octanol–water partition coefficient (Wildman–Crippen LogP) is 3.54. The van der Waals surface area contributed by atoms with Gasteiger partial charge in [-0.05, 0) is 24.8 Å². The molecule has 0 saturated heterocycles. The lowest BCUT2D eigenvalue weighted by molar-refractivity contribution is 0.688. The lowest BCUT2D eigenvalue weighted by Gasteiger charge is -2.05. The molecule has 3 rings (SSSR count). The van der Waals surface area contributed by atoms with Crippen LogP contribution in [0.2, 0.25) is 0 Å². The number of benzene rings is 1. The number of fused-ring (bicyclic) bond motifs is 1. The molecule has 0 unspecified atom stereocenters. The van der Waals surface area contributed by atoms with Crippen molar-refractivity contribution >= 4 is 28.7 Å². The summed E-state index contributed by atoms with van der Waals surface area (Å²) < 4.78 is 2.04. The standard InChI is InChI=1S/C17H21N5S/c1-2-10-22-12-19-14-15(18)20-17(21-16(14)22)23-11-6-9-13-7-4-3-5-8-13/h3-5,7-8,12H,2,6,9-11H2,1H3,(H2,18,20,21). The Bertz CT molecular complexity index is 769. The molecule has 6 heteroatoms. The number of imidazole rings is 1. The van der Waals surface area contributed by atoms with Crippen LogP contribution in [0.3, 0.4) is 0 Å². The molecule has 5 nitrogen and oxygen atoms in total. The molecule has 0 fully saturated rings. The monoisotopic (exact) mass is 327 g/mol. The van der Waals surface area contributed by atoms with E-state index < -0.39 is 0 Å². The SMILES string of the molecule is CCCn1cnc2c(N)nc(SCCCc3ccccc3)nc21. The first-order valence-corrected chi connectivity index (χ1v) is 8.91. The molecule has 2 N–H and O–H groups in total. The number of hydrogen-bond acceptors (Lipinski definition) is 5. The average Bonchev–Trinajstić information content (AvgIpc) is 2.97. The smallest absolute Gasteiger partial charge is 0.191 e. The Morgan fingerprint density at radius 2 is 2.00 bits per heavy atom. The van der Waals surface area contributed by atoms with Gasteiger partial charge in [-0.1, -0.05) is 49.0 Å². The van der Waals surface area contributed by atoms with Crippen LogP contribution in [0.5, 0.6) is 0 Å². The van der Waals surface area contributed by atoms with Crippen LogP contribution in [-0.4, -0.2) is 25.3 Å². The van der Waals surface area contributed by atoms with E-state index in [1.807, 2.05) is 10.6 Å². The summed E-state index contributed by atoms with van der Waals surface area (Å²) in [5, 5.41) is 0.737. The van der Waals surface area contributed by atoms with E-state index in [1.165, 1.54) is 5.56 Å². The van der Waals surface area contributed by atoms with E-state index in [0.717, 1.165) is 42.4 Å². The van der Waals surface area contributed by atoms with E-state index in [0.29, 0.717) is 11.3 Å². The van der Waals surface area contributed by atoms with Crippen molar-refractivity contribution in [1.29, 1.82) is 0 Å². The third-order valence-electron chi connectivity index (χ3n) is 3.62. The molecular weight excluding hydrogens is 306 g/mol. The average molecular weight is 327 g/mol. The Hall–Kier alpha value is -2.08. The van der Waals surface area contributed by atoms with Crippen molar-refractivity contribution in [1.82, 2.24) is 19.5 Å². The summed E-state index contributed by atoms with van der Waals surface area (Å²) in [4.78, 5) is 13.3. The molecular formula is C17H21N5S. The quantitative estimate of drug-likeness (QED) is 0.408. The van der Waals surface area contributed by atoms with Gasteiger partial charge < -0.3 is 10.3 Å². The Balaban J connectivity index is 1.64. The Labute approximate surface area is 140 Å². The minimum absolute atomic E-state index is 0.468. The summed E-state index contributed by atoms with van der Waals surface area (Å²) >= 11 is 1.66. The fraction of sp³-hybridized carbons (Fsp3) is 0.353. The van der Waals surface area contributed by atoms with Gasteiger partial charge in [0.2, 0.25) is 0 Å². The highest BCUT2D eigenvalue weighted by Crippen LogP contribution is 2.22. The summed E-state index contributed by atoms with van der Waals surface area (Å²) in [6, 6.07) is 10.5. The fourth-order valence-electron chi connectivity index (χ4n) is 2.50. The molecule has 0 aliphatic rings. The number of nitrogen functional groups attached to an aromatic ring is 1. The molecule has 3 aromatic rings. The third kappa shape index (κ3) is 3.82. The van der Waals surface area contributed by atoms with E-state index in [4.69, 9.17) is 5.73 Å². The lowest BCUT2D eigenvalue weighted by atomic mass is 10.1. The van der Waals surface area contributed by atoms with Crippen LogP contribution < -0.4 is 5.73 Å². The zero-order chi connectivity index (χ0) is 16.1. The Morgan fingerprint density at radius 3 is 2.78 bits per heavy atom. The van der Waals surface area contributed by atoms with Crippen molar-refractivity contribution in [2.24, 2.45) is 0 Å². The maximum Gasteiger partial charge on any atom is 0.191 e. The minimum atomic E-state index is 0.468. The van der Waals surface area contributed by atoms with Crippen molar-refractivity contribution in [3.63, 3.8) is 0 Å². The fourth-order valence-corrected chi connectivity index (χ4v) is 3.28. The van der Waals surface area contributed by atoms with Crippen LogP contribution in [0.4, 0.5) is 5.82 Å². The summed E-state index contributed by atoms with van der Waals surface area (Å²) in [7, 11) is 0.